The molecule has 1 aliphatic rings. The molecule has 9 heavy (non-hydrogen) atoms. The zero-order valence-electron chi connectivity index (χ0n) is 5.22. The Morgan fingerprint density at radius 3 is 2.11 bits per heavy atom. The lowest BCUT2D eigenvalue weighted by molar-refractivity contribution is 0.195. The Hall–Kier alpha value is -0.120. The first-order valence-corrected chi connectivity index (χ1v) is 4.69. The van der Waals surface area contributed by atoms with Gasteiger partial charge in [-0.3, -0.25) is 0 Å². The predicted molar refractivity (Wildman–Crippen MR) is 32.8 cm³/mol. The van der Waals surface area contributed by atoms with Gasteiger partial charge in [0.25, 0.3) is 0 Å². The lowest BCUT2D eigenvalue weighted by atomic mass is 10.1. The summed E-state index contributed by atoms with van der Waals surface area (Å²) in [5.74, 6) is -0.535. The van der Waals surface area contributed by atoms with Crippen molar-refractivity contribution in [1.82, 2.24) is 0 Å². The minimum absolute atomic E-state index is 0.267. The minimum atomic E-state index is -2.98. The maximum Gasteiger partial charge on any atom is 0.156 e. The van der Waals surface area contributed by atoms with E-state index in [4.69, 9.17) is 0 Å². The second kappa shape index (κ2) is 1.68. The highest BCUT2D eigenvalue weighted by molar-refractivity contribution is 7.93. The Morgan fingerprint density at radius 2 is 2.00 bits per heavy atom. The number of alkyl halides is 1. The lowest BCUT2D eigenvalue weighted by Crippen LogP contribution is -2.50. The molecule has 0 aromatic carbocycles. The number of hydrogen-bond acceptors (Lipinski definition) is 2. The van der Waals surface area contributed by atoms with Crippen molar-refractivity contribution in [1.29, 1.82) is 0 Å². The third-order valence-corrected chi connectivity index (χ3v) is 3.51. The van der Waals surface area contributed by atoms with E-state index >= 15 is 0 Å². The smallest absolute Gasteiger partial charge is 0.156 e. The van der Waals surface area contributed by atoms with Gasteiger partial charge >= 0.3 is 0 Å². The van der Waals surface area contributed by atoms with Crippen molar-refractivity contribution in [3.05, 3.63) is 0 Å². The van der Waals surface area contributed by atoms with E-state index in [-0.39, 0.29) is 11.5 Å². The van der Waals surface area contributed by atoms with E-state index in [1.165, 1.54) is 0 Å². The summed E-state index contributed by atoms with van der Waals surface area (Å²) in [5, 5.41) is 0. The first kappa shape index (κ1) is 6.99. The first-order chi connectivity index (χ1) is 3.97. The largest absolute Gasteiger partial charge is 0.242 e. The van der Waals surface area contributed by atoms with E-state index in [1.54, 1.807) is 6.92 Å². The van der Waals surface area contributed by atoms with Crippen LogP contribution in [0.4, 0.5) is 4.39 Å². The van der Waals surface area contributed by atoms with Gasteiger partial charge in [-0.1, -0.05) is 6.92 Å². The van der Waals surface area contributed by atoms with E-state index in [0.717, 1.165) is 0 Å². The molecule has 1 fully saturated rings. The van der Waals surface area contributed by atoms with E-state index in [2.05, 4.69) is 0 Å². The molecule has 1 saturated heterocycles. The fourth-order valence-corrected chi connectivity index (χ4v) is 2.85. The van der Waals surface area contributed by atoms with Gasteiger partial charge in [0, 0.05) is 0 Å². The van der Waals surface area contributed by atoms with Crippen LogP contribution in [-0.4, -0.2) is 25.6 Å². The van der Waals surface area contributed by atoms with Crippen LogP contribution in [0.3, 0.4) is 0 Å². The molecule has 0 bridgehead atoms. The summed E-state index contributed by atoms with van der Waals surface area (Å²) in [6.45, 7) is 1.66. The molecule has 0 spiro atoms. The summed E-state index contributed by atoms with van der Waals surface area (Å²) < 4.78 is 33.6. The first-order valence-electron chi connectivity index (χ1n) is 2.87. The topological polar surface area (TPSA) is 34.1 Å². The highest BCUT2D eigenvalue weighted by atomic mass is 32.2. The van der Waals surface area contributed by atoms with Crippen molar-refractivity contribution in [2.45, 2.75) is 19.0 Å². The van der Waals surface area contributed by atoms with Gasteiger partial charge in [-0.25, -0.2) is 12.8 Å². The number of hydrogen-bond donors (Lipinski definition) is 0. The number of sulfone groups is 1. The summed E-state index contributed by atoms with van der Waals surface area (Å²) in [4.78, 5) is 0. The second-order valence-corrected chi connectivity index (χ2v) is 4.60. The Kier molecular flexibility index (Phi) is 1.31. The summed E-state index contributed by atoms with van der Waals surface area (Å²) in [6, 6.07) is 0. The highest BCUT2D eigenvalue weighted by Gasteiger charge is 2.47. The molecule has 0 saturated carbocycles. The average Bonchev–Trinajstić information content (AvgIpc) is 1.61. The predicted octanol–water partition coefficient (Wildman–Crippen LogP) is 0.533. The van der Waals surface area contributed by atoms with Gasteiger partial charge in [0.2, 0.25) is 0 Å². The van der Waals surface area contributed by atoms with Gasteiger partial charge in [0.15, 0.2) is 9.84 Å². The van der Waals surface area contributed by atoms with E-state index in [1.807, 2.05) is 0 Å². The van der Waals surface area contributed by atoms with Crippen molar-refractivity contribution >= 4 is 9.84 Å². The molecule has 4 heteroatoms. The van der Waals surface area contributed by atoms with E-state index in [0.29, 0.717) is 6.42 Å². The molecular weight excluding hydrogens is 143 g/mol. The second-order valence-electron chi connectivity index (χ2n) is 2.54. The van der Waals surface area contributed by atoms with Gasteiger partial charge < -0.3 is 0 Å². The SMILES string of the molecule is CCC1(F)CS(=O)(=O)C1. The highest BCUT2D eigenvalue weighted by Crippen LogP contribution is 2.30. The van der Waals surface area contributed by atoms with Crippen LogP contribution in [0.5, 0.6) is 0 Å². The summed E-state index contributed by atoms with van der Waals surface area (Å²) >= 11 is 0. The molecule has 54 valence electrons. The lowest BCUT2D eigenvalue weighted by Gasteiger charge is -2.31. The van der Waals surface area contributed by atoms with Crippen LogP contribution in [-0.2, 0) is 9.84 Å². The molecule has 2 nitrogen and oxygen atoms in total. The van der Waals surface area contributed by atoms with Gasteiger partial charge in [-0.05, 0) is 6.42 Å². The van der Waals surface area contributed by atoms with Gasteiger partial charge in [-0.15, -0.1) is 0 Å². The summed E-state index contributed by atoms with van der Waals surface area (Å²) in [7, 11) is -2.98. The van der Waals surface area contributed by atoms with Gasteiger partial charge in [0.05, 0.1) is 11.5 Å². The van der Waals surface area contributed by atoms with Crippen LogP contribution in [0.25, 0.3) is 0 Å². The molecule has 0 aromatic rings. The molecule has 0 N–H and O–H groups in total. The molecule has 0 radical (unpaired) electrons. The van der Waals surface area contributed by atoms with Gasteiger partial charge in [0.1, 0.15) is 5.67 Å². The molecule has 0 amide bonds. The fraction of sp³-hybridized carbons (Fsp3) is 1.00. The maximum absolute atomic E-state index is 12.8. The molecular formula is C5H9FO2S. The third kappa shape index (κ3) is 1.23. The zero-order chi connectivity index (χ0) is 7.12. The van der Waals surface area contributed by atoms with Crippen LogP contribution >= 0.6 is 0 Å². The monoisotopic (exact) mass is 152 g/mol. The molecule has 0 atom stereocenters. The van der Waals surface area contributed by atoms with Crippen LogP contribution < -0.4 is 0 Å². The van der Waals surface area contributed by atoms with Crippen LogP contribution in [0, 0.1) is 0 Å². The van der Waals surface area contributed by atoms with Crippen molar-refractivity contribution in [3.63, 3.8) is 0 Å². The van der Waals surface area contributed by atoms with Crippen LogP contribution in [0.2, 0.25) is 0 Å². The number of rotatable bonds is 1. The molecule has 0 aliphatic carbocycles. The molecule has 0 unspecified atom stereocenters. The Labute approximate surface area is 54.0 Å². The van der Waals surface area contributed by atoms with Crippen molar-refractivity contribution in [2.75, 3.05) is 11.5 Å². The summed E-state index contributed by atoms with van der Waals surface area (Å²) in [5.41, 5.74) is -1.39. The molecule has 1 aliphatic heterocycles. The van der Waals surface area contributed by atoms with Crippen molar-refractivity contribution in [2.24, 2.45) is 0 Å². The van der Waals surface area contributed by atoms with Gasteiger partial charge in [-0.2, -0.15) is 0 Å². The Morgan fingerprint density at radius 1 is 1.56 bits per heavy atom. The van der Waals surface area contributed by atoms with E-state index in [9.17, 15) is 12.8 Å². The Bertz CT molecular complexity index is 195. The van der Waals surface area contributed by atoms with E-state index < -0.39 is 15.5 Å². The van der Waals surface area contributed by atoms with Crippen LogP contribution in [0.1, 0.15) is 13.3 Å². The van der Waals surface area contributed by atoms with Crippen molar-refractivity contribution < 1.29 is 12.8 Å². The third-order valence-electron chi connectivity index (χ3n) is 1.59. The standard InChI is InChI=1S/C5H9FO2S/c1-2-5(6)3-9(7,8)4-5/h2-4H2,1H3. The number of halogens is 1. The fourth-order valence-electron chi connectivity index (χ4n) is 0.950. The van der Waals surface area contributed by atoms with Crippen LogP contribution in [0.15, 0.2) is 0 Å². The zero-order valence-corrected chi connectivity index (χ0v) is 6.04. The Balaban J connectivity index is 2.61. The normalized spacial score (nSPS) is 29.1. The average molecular weight is 152 g/mol. The summed E-state index contributed by atoms with van der Waals surface area (Å²) in [6.07, 6.45) is 0.312. The molecule has 1 rings (SSSR count). The van der Waals surface area contributed by atoms with Crippen molar-refractivity contribution in [3.8, 4) is 0 Å². The molecule has 0 aromatic heterocycles. The maximum atomic E-state index is 12.8. The minimum Gasteiger partial charge on any atom is -0.242 e. The molecule has 1 heterocycles. The quantitative estimate of drug-likeness (QED) is 0.549.